The lowest BCUT2D eigenvalue weighted by Crippen LogP contribution is -2.37. The SMILES string of the molecule is OCC(CO)(CO)CO.OP(O)OP(OC1CCCCC1)OC1CCCCC1. The van der Waals surface area contributed by atoms with E-state index in [-0.39, 0.29) is 12.2 Å². The van der Waals surface area contributed by atoms with Crippen molar-refractivity contribution in [2.45, 2.75) is 76.4 Å². The normalized spacial score (nSPS) is 19.7. The Morgan fingerprint density at radius 2 is 1.00 bits per heavy atom. The molecule has 0 aromatic heterocycles. The van der Waals surface area contributed by atoms with Gasteiger partial charge in [-0.25, -0.2) is 4.31 Å². The number of hydrogen-bond donors (Lipinski definition) is 6. The lowest BCUT2D eigenvalue weighted by Gasteiger charge is -2.29. The van der Waals surface area contributed by atoms with Crippen molar-refractivity contribution >= 4 is 17.2 Å². The van der Waals surface area contributed by atoms with Gasteiger partial charge >= 0.3 is 17.2 Å². The standard InChI is InChI=1S/C12H24O5P2.C5H12O4/c13-18(14)17-19(15-11-7-3-1-4-8-11)16-12-9-5-2-6-10-12;6-1-5(2-7,3-8)4-9/h11-14H,1-10H2;6-9H,1-4H2. The van der Waals surface area contributed by atoms with Crippen LogP contribution in [0.5, 0.6) is 0 Å². The zero-order valence-corrected chi connectivity index (χ0v) is 18.1. The summed E-state index contributed by atoms with van der Waals surface area (Å²) < 4.78 is 16.7. The number of hydrogen-bond acceptors (Lipinski definition) is 9. The molecule has 0 heterocycles. The molecule has 11 heteroatoms. The van der Waals surface area contributed by atoms with E-state index in [4.69, 9.17) is 43.6 Å². The van der Waals surface area contributed by atoms with Crippen LogP contribution < -0.4 is 0 Å². The van der Waals surface area contributed by atoms with Crippen molar-refractivity contribution in [2.24, 2.45) is 5.41 Å². The van der Waals surface area contributed by atoms with E-state index in [1.807, 2.05) is 0 Å². The highest BCUT2D eigenvalue weighted by atomic mass is 31.2. The highest BCUT2D eigenvalue weighted by Gasteiger charge is 2.28. The van der Waals surface area contributed by atoms with Gasteiger partial charge in [0.1, 0.15) is 0 Å². The molecule has 0 bridgehead atoms. The van der Waals surface area contributed by atoms with Crippen LogP contribution in [0.3, 0.4) is 0 Å². The molecule has 0 spiro atoms. The van der Waals surface area contributed by atoms with Gasteiger partial charge in [0.2, 0.25) is 0 Å². The van der Waals surface area contributed by atoms with Crippen LogP contribution in [0.25, 0.3) is 0 Å². The largest absolute Gasteiger partial charge is 0.396 e. The second kappa shape index (κ2) is 15.3. The van der Waals surface area contributed by atoms with Crippen LogP contribution in [-0.4, -0.2) is 68.8 Å². The van der Waals surface area contributed by atoms with Gasteiger partial charge in [0.05, 0.1) is 44.1 Å². The summed E-state index contributed by atoms with van der Waals surface area (Å²) in [6.45, 7) is -1.62. The van der Waals surface area contributed by atoms with Gasteiger partial charge in [0.15, 0.2) is 0 Å². The van der Waals surface area contributed by atoms with Crippen molar-refractivity contribution in [3.63, 3.8) is 0 Å². The Kier molecular flexibility index (Phi) is 14.5. The molecular weight excluding hydrogens is 410 g/mol. The minimum Gasteiger partial charge on any atom is -0.396 e. The van der Waals surface area contributed by atoms with Gasteiger partial charge in [0, 0.05) is 0 Å². The van der Waals surface area contributed by atoms with E-state index in [0.29, 0.717) is 0 Å². The second-order valence-corrected chi connectivity index (χ2v) is 9.45. The summed E-state index contributed by atoms with van der Waals surface area (Å²) in [6, 6.07) is 0. The Labute approximate surface area is 169 Å². The topological polar surface area (TPSA) is 149 Å². The Morgan fingerprint density at radius 1 is 0.643 bits per heavy atom. The van der Waals surface area contributed by atoms with Crippen LogP contribution in [0, 0.1) is 5.41 Å². The molecule has 9 nitrogen and oxygen atoms in total. The summed E-state index contributed by atoms with van der Waals surface area (Å²) >= 11 is 0. The molecule has 2 saturated carbocycles. The molecular formula is C17H36O9P2. The molecule has 0 aromatic carbocycles. The fourth-order valence-corrected chi connectivity index (χ4v) is 4.75. The van der Waals surface area contributed by atoms with Gasteiger partial charge in [-0.2, -0.15) is 0 Å². The van der Waals surface area contributed by atoms with Crippen molar-refractivity contribution in [1.29, 1.82) is 0 Å². The molecule has 2 rings (SSSR count). The summed E-state index contributed by atoms with van der Waals surface area (Å²) in [5.41, 5.74) is -1.11. The van der Waals surface area contributed by atoms with Crippen LogP contribution in [0.15, 0.2) is 0 Å². The lowest BCUT2D eigenvalue weighted by molar-refractivity contribution is -0.0328. The van der Waals surface area contributed by atoms with Crippen molar-refractivity contribution in [3.8, 4) is 0 Å². The summed E-state index contributed by atoms with van der Waals surface area (Å²) in [7, 11) is -4.03. The fraction of sp³-hybridized carbons (Fsp3) is 1.00. The first-order valence-corrected chi connectivity index (χ1v) is 12.2. The molecule has 2 fully saturated rings. The van der Waals surface area contributed by atoms with Crippen LogP contribution >= 0.6 is 17.2 Å². The van der Waals surface area contributed by atoms with Crippen LogP contribution in [0.4, 0.5) is 0 Å². The first-order valence-electron chi connectivity index (χ1n) is 9.91. The molecule has 0 atom stereocenters. The number of rotatable bonds is 10. The minimum atomic E-state index is -2.41. The van der Waals surface area contributed by atoms with Crippen LogP contribution in [0.2, 0.25) is 0 Å². The summed E-state index contributed by atoms with van der Waals surface area (Å²) in [5.74, 6) is 0. The molecule has 0 saturated heterocycles. The van der Waals surface area contributed by atoms with Crippen molar-refractivity contribution in [1.82, 2.24) is 0 Å². The Morgan fingerprint density at radius 3 is 1.25 bits per heavy atom. The lowest BCUT2D eigenvalue weighted by atomic mass is 9.93. The first kappa shape index (κ1) is 26.5. The third-order valence-corrected chi connectivity index (χ3v) is 7.11. The average molecular weight is 446 g/mol. The maximum absolute atomic E-state index is 9.04. The van der Waals surface area contributed by atoms with Crippen LogP contribution in [0.1, 0.15) is 64.2 Å². The minimum absolute atomic E-state index is 0.151. The zero-order chi connectivity index (χ0) is 20.8. The van der Waals surface area contributed by atoms with Gasteiger partial charge in [-0.1, -0.05) is 38.5 Å². The molecule has 6 N–H and O–H groups in total. The monoisotopic (exact) mass is 446 g/mol. The van der Waals surface area contributed by atoms with Crippen molar-refractivity contribution < 1.29 is 43.6 Å². The predicted molar refractivity (Wildman–Crippen MR) is 106 cm³/mol. The van der Waals surface area contributed by atoms with Gasteiger partial charge in [-0.05, 0) is 25.7 Å². The molecule has 2 aliphatic rings. The molecule has 0 unspecified atom stereocenters. The number of aliphatic hydroxyl groups is 4. The maximum atomic E-state index is 9.04. The van der Waals surface area contributed by atoms with E-state index in [9.17, 15) is 0 Å². The van der Waals surface area contributed by atoms with Crippen LogP contribution in [-0.2, 0) is 13.4 Å². The highest BCUT2D eigenvalue weighted by molar-refractivity contribution is 7.54. The summed E-state index contributed by atoms with van der Waals surface area (Å²) in [5, 5.41) is 34.0. The smallest absolute Gasteiger partial charge is 0.340 e. The average Bonchev–Trinajstić information content (AvgIpc) is 2.72. The molecule has 28 heavy (non-hydrogen) atoms. The van der Waals surface area contributed by atoms with E-state index >= 15 is 0 Å². The van der Waals surface area contributed by atoms with E-state index < -0.39 is 49.0 Å². The molecule has 0 aliphatic heterocycles. The van der Waals surface area contributed by atoms with Gasteiger partial charge < -0.3 is 39.3 Å². The predicted octanol–water partition coefficient (Wildman–Crippen LogP) is 2.08. The van der Waals surface area contributed by atoms with Crippen molar-refractivity contribution in [3.05, 3.63) is 0 Å². The fourth-order valence-electron chi connectivity index (χ4n) is 3.01. The van der Waals surface area contributed by atoms with E-state index in [0.717, 1.165) is 25.7 Å². The van der Waals surface area contributed by atoms with E-state index in [2.05, 4.69) is 0 Å². The summed E-state index contributed by atoms with van der Waals surface area (Å²) in [4.78, 5) is 18.1. The van der Waals surface area contributed by atoms with E-state index in [1.165, 1.54) is 38.5 Å². The highest BCUT2D eigenvalue weighted by Crippen LogP contribution is 2.54. The third kappa shape index (κ3) is 10.5. The van der Waals surface area contributed by atoms with E-state index in [1.54, 1.807) is 0 Å². The maximum Gasteiger partial charge on any atom is 0.340 e. The molecule has 0 aromatic rings. The Balaban J connectivity index is 0.000000370. The zero-order valence-electron chi connectivity index (χ0n) is 16.4. The molecule has 2 aliphatic carbocycles. The number of aliphatic hydroxyl groups excluding tert-OH is 4. The third-order valence-electron chi connectivity index (χ3n) is 5.06. The van der Waals surface area contributed by atoms with Crippen molar-refractivity contribution in [2.75, 3.05) is 26.4 Å². The Hall–Kier alpha value is 0.500. The molecule has 0 radical (unpaired) electrons. The van der Waals surface area contributed by atoms with Gasteiger partial charge in [0.25, 0.3) is 0 Å². The Bertz CT molecular complexity index is 336. The first-order chi connectivity index (χ1) is 13.5. The molecule has 0 amide bonds. The van der Waals surface area contributed by atoms with Gasteiger partial charge in [-0.15, -0.1) is 0 Å². The molecule has 168 valence electrons. The quantitative estimate of drug-likeness (QED) is 0.277. The summed E-state index contributed by atoms with van der Waals surface area (Å²) in [6.07, 6.45) is 11.6. The van der Waals surface area contributed by atoms with Gasteiger partial charge in [-0.3, -0.25) is 0 Å². The second-order valence-electron chi connectivity index (χ2n) is 7.42.